The summed E-state index contributed by atoms with van der Waals surface area (Å²) in [5, 5.41) is 9.45. The first-order valence-corrected chi connectivity index (χ1v) is 7.38. The summed E-state index contributed by atoms with van der Waals surface area (Å²) >= 11 is 0. The molecule has 1 aliphatic heterocycles. The van der Waals surface area contributed by atoms with E-state index in [0.29, 0.717) is 6.42 Å². The van der Waals surface area contributed by atoms with Crippen LogP contribution in [0.3, 0.4) is 0 Å². The minimum absolute atomic E-state index is 0.00866. The second-order valence-corrected chi connectivity index (χ2v) is 6.63. The van der Waals surface area contributed by atoms with Crippen LogP contribution in [-0.4, -0.2) is 34.0 Å². The standard InChI is InChI=1S/C15H25NO3/c1-9(2)15(14(18)19)8-12(15)13(17)16-10(3)6-5-7-11(16)4/h9-12H,5-8H2,1-4H3,(H,18,19). The van der Waals surface area contributed by atoms with Gasteiger partial charge in [0, 0.05) is 12.1 Å². The molecule has 0 aromatic heterocycles. The van der Waals surface area contributed by atoms with E-state index in [1.165, 1.54) is 0 Å². The molecule has 1 saturated carbocycles. The molecule has 4 atom stereocenters. The monoisotopic (exact) mass is 267 g/mol. The lowest BCUT2D eigenvalue weighted by Crippen LogP contribution is -2.49. The van der Waals surface area contributed by atoms with Crippen LogP contribution in [0.4, 0.5) is 0 Å². The maximum absolute atomic E-state index is 12.7. The van der Waals surface area contributed by atoms with Gasteiger partial charge >= 0.3 is 5.97 Å². The Labute approximate surface area is 115 Å². The summed E-state index contributed by atoms with van der Waals surface area (Å²) in [6, 6.07) is 0.492. The molecule has 2 aliphatic rings. The molecule has 1 aliphatic carbocycles. The number of carbonyl (C=O) groups is 2. The van der Waals surface area contributed by atoms with Crippen LogP contribution in [0.1, 0.15) is 53.4 Å². The third kappa shape index (κ3) is 2.15. The minimum Gasteiger partial charge on any atom is -0.481 e. The number of nitrogens with zero attached hydrogens (tertiary/aromatic N) is 1. The molecular formula is C15H25NO3. The Kier molecular flexibility index (Phi) is 3.63. The van der Waals surface area contributed by atoms with Crippen LogP contribution in [0.25, 0.3) is 0 Å². The SMILES string of the molecule is CC1CCCC(C)N1C(=O)C1CC1(C(=O)O)C(C)C. The van der Waals surface area contributed by atoms with E-state index in [-0.39, 0.29) is 29.8 Å². The van der Waals surface area contributed by atoms with Crippen LogP contribution < -0.4 is 0 Å². The number of rotatable bonds is 3. The first kappa shape index (κ1) is 14.4. The third-order valence-corrected chi connectivity index (χ3v) is 5.18. The van der Waals surface area contributed by atoms with Gasteiger partial charge in [0.2, 0.25) is 5.91 Å². The molecule has 4 unspecified atom stereocenters. The molecule has 2 fully saturated rings. The molecule has 1 N–H and O–H groups in total. The molecule has 1 saturated heterocycles. The van der Waals surface area contributed by atoms with Gasteiger partial charge in [0.05, 0.1) is 11.3 Å². The Hall–Kier alpha value is -1.06. The number of carboxylic acids is 1. The lowest BCUT2D eigenvalue weighted by Gasteiger charge is -2.39. The molecule has 0 spiro atoms. The molecule has 108 valence electrons. The van der Waals surface area contributed by atoms with Gasteiger partial charge < -0.3 is 10.0 Å². The van der Waals surface area contributed by atoms with Crippen molar-refractivity contribution in [2.45, 2.75) is 65.5 Å². The summed E-state index contributed by atoms with van der Waals surface area (Å²) < 4.78 is 0. The Morgan fingerprint density at radius 1 is 1.21 bits per heavy atom. The number of carboxylic acid groups (broad SMARTS) is 1. The maximum atomic E-state index is 12.7. The van der Waals surface area contributed by atoms with Gasteiger partial charge in [0.15, 0.2) is 0 Å². The van der Waals surface area contributed by atoms with E-state index in [1.54, 1.807) is 0 Å². The fourth-order valence-electron chi connectivity index (χ4n) is 3.74. The molecule has 0 bridgehead atoms. The van der Waals surface area contributed by atoms with Crippen LogP contribution in [0.5, 0.6) is 0 Å². The summed E-state index contributed by atoms with van der Waals surface area (Å²) in [5.41, 5.74) is -0.812. The van der Waals surface area contributed by atoms with Gasteiger partial charge in [-0.25, -0.2) is 0 Å². The Bertz CT molecular complexity index is 383. The molecule has 0 radical (unpaired) electrons. The van der Waals surface area contributed by atoms with Crippen molar-refractivity contribution in [3.8, 4) is 0 Å². The fraction of sp³-hybridized carbons (Fsp3) is 0.867. The van der Waals surface area contributed by atoms with Gasteiger partial charge in [-0.3, -0.25) is 9.59 Å². The van der Waals surface area contributed by atoms with Crippen molar-refractivity contribution < 1.29 is 14.7 Å². The van der Waals surface area contributed by atoms with E-state index in [1.807, 2.05) is 18.7 Å². The number of amides is 1. The van der Waals surface area contributed by atoms with Gasteiger partial charge in [-0.15, -0.1) is 0 Å². The number of carbonyl (C=O) groups excluding carboxylic acids is 1. The molecule has 2 rings (SSSR count). The Balaban J connectivity index is 2.15. The van der Waals surface area contributed by atoms with Gasteiger partial charge in [0.25, 0.3) is 0 Å². The number of aliphatic carboxylic acids is 1. The average Bonchev–Trinajstić information content (AvgIpc) is 3.04. The number of hydrogen-bond acceptors (Lipinski definition) is 2. The molecule has 4 heteroatoms. The van der Waals surface area contributed by atoms with Crippen molar-refractivity contribution in [2.75, 3.05) is 0 Å². The summed E-state index contributed by atoms with van der Waals surface area (Å²) in [5.74, 6) is -1.05. The smallest absolute Gasteiger partial charge is 0.310 e. The van der Waals surface area contributed by atoms with Crippen molar-refractivity contribution in [2.24, 2.45) is 17.3 Å². The molecular weight excluding hydrogens is 242 g/mol. The zero-order valence-electron chi connectivity index (χ0n) is 12.3. The fourth-order valence-corrected chi connectivity index (χ4v) is 3.74. The van der Waals surface area contributed by atoms with E-state index in [4.69, 9.17) is 0 Å². The molecule has 1 heterocycles. The zero-order chi connectivity index (χ0) is 14.4. The Morgan fingerprint density at radius 3 is 2.11 bits per heavy atom. The number of piperidine rings is 1. The van der Waals surface area contributed by atoms with Crippen molar-refractivity contribution in [3.05, 3.63) is 0 Å². The third-order valence-electron chi connectivity index (χ3n) is 5.18. The molecule has 1 amide bonds. The van der Waals surface area contributed by atoms with Crippen molar-refractivity contribution >= 4 is 11.9 Å². The zero-order valence-corrected chi connectivity index (χ0v) is 12.3. The molecule has 0 aromatic rings. The summed E-state index contributed by atoms with van der Waals surface area (Å²) in [6.45, 7) is 7.97. The van der Waals surface area contributed by atoms with Crippen LogP contribution in [0.15, 0.2) is 0 Å². The normalized spacial score (nSPS) is 38.4. The predicted molar refractivity (Wildman–Crippen MR) is 72.6 cm³/mol. The first-order chi connectivity index (χ1) is 8.82. The number of likely N-dealkylation sites (tertiary alicyclic amines) is 1. The van der Waals surface area contributed by atoms with Crippen molar-refractivity contribution in [1.82, 2.24) is 4.90 Å². The van der Waals surface area contributed by atoms with E-state index >= 15 is 0 Å². The van der Waals surface area contributed by atoms with Crippen LogP contribution in [-0.2, 0) is 9.59 Å². The average molecular weight is 267 g/mol. The summed E-state index contributed by atoms with van der Waals surface area (Å²) in [4.78, 5) is 26.1. The van der Waals surface area contributed by atoms with Gasteiger partial charge in [-0.05, 0) is 45.4 Å². The van der Waals surface area contributed by atoms with E-state index < -0.39 is 11.4 Å². The van der Waals surface area contributed by atoms with Gasteiger partial charge in [0.1, 0.15) is 0 Å². The highest BCUT2D eigenvalue weighted by Crippen LogP contribution is 2.59. The quantitative estimate of drug-likeness (QED) is 0.854. The van der Waals surface area contributed by atoms with Crippen molar-refractivity contribution in [3.63, 3.8) is 0 Å². The predicted octanol–water partition coefficient (Wildman–Crippen LogP) is 2.52. The second-order valence-electron chi connectivity index (χ2n) is 6.63. The highest BCUT2D eigenvalue weighted by Gasteiger charge is 2.66. The van der Waals surface area contributed by atoms with Crippen LogP contribution in [0, 0.1) is 17.3 Å². The molecule has 19 heavy (non-hydrogen) atoms. The number of hydrogen-bond donors (Lipinski definition) is 1. The minimum atomic E-state index is -0.812. The molecule has 4 nitrogen and oxygen atoms in total. The highest BCUT2D eigenvalue weighted by molar-refractivity contribution is 5.93. The van der Waals surface area contributed by atoms with Crippen molar-refractivity contribution in [1.29, 1.82) is 0 Å². The first-order valence-electron chi connectivity index (χ1n) is 7.38. The van der Waals surface area contributed by atoms with E-state index in [2.05, 4.69) is 13.8 Å². The molecule has 0 aromatic carbocycles. The summed E-state index contributed by atoms with van der Waals surface area (Å²) in [6.07, 6.45) is 3.73. The maximum Gasteiger partial charge on any atom is 0.310 e. The summed E-state index contributed by atoms with van der Waals surface area (Å²) in [7, 11) is 0. The van der Waals surface area contributed by atoms with Gasteiger partial charge in [-0.1, -0.05) is 13.8 Å². The van der Waals surface area contributed by atoms with Crippen LogP contribution in [0.2, 0.25) is 0 Å². The highest BCUT2D eigenvalue weighted by atomic mass is 16.4. The van der Waals surface area contributed by atoms with Crippen LogP contribution >= 0.6 is 0 Å². The Morgan fingerprint density at radius 2 is 1.74 bits per heavy atom. The van der Waals surface area contributed by atoms with E-state index in [0.717, 1.165) is 19.3 Å². The second kappa shape index (κ2) is 4.80. The lowest BCUT2D eigenvalue weighted by atomic mass is 9.88. The van der Waals surface area contributed by atoms with Gasteiger partial charge in [-0.2, -0.15) is 0 Å². The topological polar surface area (TPSA) is 57.6 Å². The van der Waals surface area contributed by atoms with E-state index in [9.17, 15) is 14.7 Å². The lowest BCUT2D eigenvalue weighted by molar-refractivity contribution is -0.150. The largest absolute Gasteiger partial charge is 0.481 e.